The molecule has 1 amide bonds. The van der Waals surface area contributed by atoms with Crippen molar-refractivity contribution in [3.05, 3.63) is 0 Å². The van der Waals surface area contributed by atoms with Gasteiger partial charge in [-0.2, -0.15) is 0 Å². The summed E-state index contributed by atoms with van der Waals surface area (Å²) < 4.78 is 10.6. The second kappa shape index (κ2) is 10.1. The van der Waals surface area contributed by atoms with Crippen molar-refractivity contribution in [3.63, 3.8) is 0 Å². The van der Waals surface area contributed by atoms with Crippen molar-refractivity contribution in [3.8, 4) is 0 Å². The lowest BCUT2D eigenvalue weighted by molar-refractivity contribution is -0.136. The van der Waals surface area contributed by atoms with E-state index in [0.717, 1.165) is 45.8 Å². The molecule has 1 fully saturated rings. The number of amides is 1. The van der Waals surface area contributed by atoms with Crippen LogP contribution < -0.4 is 5.73 Å². The number of hydrogen-bond acceptors (Lipinski definition) is 5. The van der Waals surface area contributed by atoms with Crippen LogP contribution in [0.2, 0.25) is 0 Å². The molecular formula is C15H31N3O3. The van der Waals surface area contributed by atoms with Crippen LogP contribution in [-0.2, 0) is 14.3 Å². The number of carbonyl (C=O) groups is 1. The quantitative estimate of drug-likeness (QED) is 0.621. The molecule has 0 aliphatic carbocycles. The Hall–Kier alpha value is -0.690. The molecule has 1 aliphatic rings. The summed E-state index contributed by atoms with van der Waals surface area (Å²) in [6.45, 7) is 9.52. The summed E-state index contributed by atoms with van der Waals surface area (Å²) in [4.78, 5) is 16.7. The number of nitrogens with zero attached hydrogens (tertiary/aromatic N) is 2. The van der Waals surface area contributed by atoms with Crippen LogP contribution >= 0.6 is 0 Å². The van der Waals surface area contributed by atoms with Gasteiger partial charge in [-0.25, -0.2) is 0 Å². The molecule has 2 unspecified atom stereocenters. The molecule has 0 aromatic carbocycles. The molecule has 124 valence electrons. The van der Waals surface area contributed by atoms with E-state index in [1.165, 1.54) is 0 Å². The Labute approximate surface area is 128 Å². The molecule has 2 N–H and O–H groups in total. The van der Waals surface area contributed by atoms with Gasteiger partial charge in [-0.05, 0) is 13.3 Å². The van der Waals surface area contributed by atoms with Crippen LogP contribution in [0.1, 0.15) is 26.7 Å². The predicted molar refractivity (Wildman–Crippen MR) is 83.2 cm³/mol. The highest BCUT2D eigenvalue weighted by Crippen LogP contribution is 2.14. The fraction of sp³-hybridized carbons (Fsp3) is 0.933. The number of nitrogens with two attached hydrogens (primary N) is 1. The summed E-state index contributed by atoms with van der Waals surface area (Å²) in [5, 5.41) is 0. The van der Waals surface area contributed by atoms with Crippen LogP contribution in [0.3, 0.4) is 0 Å². The van der Waals surface area contributed by atoms with Gasteiger partial charge >= 0.3 is 0 Å². The van der Waals surface area contributed by atoms with E-state index >= 15 is 0 Å². The topological polar surface area (TPSA) is 68.0 Å². The second-order valence-electron chi connectivity index (χ2n) is 5.43. The van der Waals surface area contributed by atoms with Crippen LogP contribution in [0, 0.1) is 0 Å². The Bertz CT molecular complexity index is 298. The molecule has 1 rings (SSSR count). The normalized spacial score (nSPS) is 21.5. The summed E-state index contributed by atoms with van der Waals surface area (Å²) in [5.41, 5.74) is 5.59. The average Bonchev–Trinajstić information content (AvgIpc) is 2.52. The van der Waals surface area contributed by atoms with Crippen molar-refractivity contribution in [1.29, 1.82) is 0 Å². The first-order valence-electron chi connectivity index (χ1n) is 7.98. The number of carbonyl (C=O) groups excluding carboxylic acids is 1. The summed E-state index contributed by atoms with van der Waals surface area (Å²) in [7, 11) is 1.60. The molecule has 21 heavy (non-hydrogen) atoms. The van der Waals surface area contributed by atoms with E-state index in [0.29, 0.717) is 19.0 Å². The average molecular weight is 301 g/mol. The van der Waals surface area contributed by atoms with E-state index in [4.69, 9.17) is 15.2 Å². The Morgan fingerprint density at radius 1 is 1.38 bits per heavy atom. The lowest BCUT2D eigenvalue weighted by Gasteiger charge is -2.41. The molecule has 0 aromatic rings. The lowest BCUT2D eigenvalue weighted by Crippen LogP contribution is -2.55. The number of hydrogen-bond donors (Lipinski definition) is 1. The van der Waals surface area contributed by atoms with Gasteiger partial charge in [-0.3, -0.25) is 9.69 Å². The summed E-state index contributed by atoms with van der Waals surface area (Å²) >= 11 is 0. The standard InChI is InChI=1S/C15H31N3O3/c1-4-13-12-18(15(19)10-14(11-16)20-3)7-6-17(13)8-9-21-5-2/h13-14H,4-12,16H2,1-3H3. The SMILES string of the molecule is CCOCCN1CCN(C(=O)CC(CN)OC)CC1CC. The van der Waals surface area contributed by atoms with Gasteiger partial charge in [0.25, 0.3) is 0 Å². The Balaban J connectivity index is 2.45. The third kappa shape index (κ3) is 5.90. The third-order valence-electron chi connectivity index (χ3n) is 4.15. The molecule has 1 aliphatic heterocycles. The number of rotatable bonds is 9. The van der Waals surface area contributed by atoms with Crippen LogP contribution in [-0.4, -0.2) is 80.9 Å². The summed E-state index contributed by atoms with van der Waals surface area (Å²) in [5.74, 6) is 0.148. The molecule has 1 saturated heterocycles. The largest absolute Gasteiger partial charge is 0.380 e. The van der Waals surface area contributed by atoms with Crippen LogP contribution in [0.25, 0.3) is 0 Å². The van der Waals surface area contributed by atoms with E-state index in [9.17, 15) is 4.79 Å². The number of methoxy groups -OCH3 is 1. The van der Waals surface area contributed by atoms with Gasteiger partial charge in [0.2, 0.25) is 5.91 Å². The predicted octanol–water partition coefficient (Wildman–Crippen LogP) is 0.310. The zero-order chi connectivity index (χ0) is 15.7. The fourth-order valence-electron chi connectivity index (χ4n) is 2.71. The van der Waals surface area contributed by atoms with Gasteiger partial charge < -0.3 is 20.1 Å². The van der Waals surface area contributed by atoms with Gasteiger partial charge in [-0.1, -0.05) is 6.92 Å². The molecule has 0 bridgehead atoms. The summed E-state index contributed by atoms with van der Waals surface area (Å²) in [6, 6.07) is 0.419. The highest BCUT2D eigenvalue weighted by Gasteiger charge is 2.28. The van der Waals surface area contributed by atoms with E-state index in [-0.39, 0.29) is 12.0 Å². The van der Waals surface area contributed by atoms with E-state index < -0.39 is 0 Å². The first-order valence-corrected chi connectivity index (χ1v) is 7.98. The molecule has 0 spiro atoms. The van der Waals surface area contributed by atoms with Crippen molar-refractivity contribution < 1.29 is 14.3 Å². The van der Waals surface area contributed by atoms with Crippen molar-refractivity contribution in [2.75, 3.05) is 53.0 Å². The van der Waals surface area contributed by atoms with E-state index in [1.54, 1.807) is 7.11 Å². The molecule has 0 saturated carbocycles. The minimum atomic E-state index is -0.173. The highest BCUT2D eigenvalue weighted by molar-refractivity contribution is 5.76. The van der Waals surface area contributed by atoms with Crippen LogP contribution in [0.15, 0.2) is 0 Å². The fourth-order valence-corrected chi connectivity index (χ4v) is 2.71. The first-order chi connectivity index (χ1) is 10.2. The van der Waals surface area contributed by atoms with E-state index in [2.05, 4.69) is 11.8 Å². The smallest absolute Gasteiger partial charge is 0.225 e. The monoisotopic (exact) mass is 301 g/mol. The van der Waals surface area contributed by atoms with Crippen molar-refractivity contribution >= 4 is 5.91 Å². The van der Waals surface area contributed by atoms with Crippen molar-refractivity contribution in [2.45, 2.75) is 38.8 Å². The molecular weight excluding hydrogens is 270 g/mol. The van der Waals surface area contributed by atoms with Gasteiger partial charge in [0, 0.05) is 52.5 Å². The Kier molecular flexibility index (Phi) is 8.84. The molecule has 0 aromatic heterocycles. The minimum absolute atomic E-state index is 0.148. The maximum Gasteiger partial charge on any atom is 0.225 e. The number of ether oxygens (including phenoxy) is 2. The molecule has 6 heteroatoms. The number of piperazine rings is 1. The zero-order valence-electron chi connectivity index (χ0n) is 13.7. The van der Waals surface area contributed by atoms with Crippen molar-refractivity contribution in [1.82, 2.24) is 9.80 Å². The van der Waals surface area contributed by atoms with E-state index in [1.807, 2.05) is 11.8 Å². The second-order valence-corrected chi connectivity index (χ2v) is 5.43. The molecule has 0 radical (unpaired) electrons. The zero-order valence-corrected chi connectivity index (χ0v) is 13.7. The van der Waals surface area contributed by atoms with Gasteiger partial charge in [0.1, 0.15) is 0 Å². The van der Waals surface area contributed by atoms with Crippen LogP contribution in [0.4, 0.5) is 0 Å². The first kappa shape index (κ1) is 18.4. The maximum absolute atomic E-state index is 12.3. The van der Waals surface area contributed by atoms with Gasteiger partial charge in [0.15, 0.2) is 0 Å². The highest BCUT2D eigenvalue weighted by atomic mass is 16.5. The Morgan fingerprint density at radius 3 is 2.71 bits per heavy atom. The molecule has 6 nitrogen and oxygen atoms in total. The maximum atomic E-state index is 12.3. The third-order valence-corrected chi connectivity index (χ3v) is 4.15. The molecule has 1 heterocycles. The van der Waals surface area contributed by atoms with Crippen LogP contribution in [0.5, 0.6) is 0 Å². The lowest BCUT2D eigenvalue weighted by atomic mass is 10.1. The Morgan fingerprint density at radius 2 is 2.14 bits per heavy atom. The minimum Gasteiger partial charge on any atom is -0.380 e. The summed E-state index contributed by atoms with van der Waals surface area (Å²) in [6.07, 6.45) is 1.25. The van der Waals surface area contributed by atoms with Crippen molar-refractivity contribution in [2.24, 2.45) is 5.73 Å². The molecule has 2 atom stereocenters. The van der Waals surface area contributed by atoms with Gasteiger partial charge in [-0.15, -0.1) is 0 Å². The van der Waals surface area contributed by atoms with Gasteiger partial charge in [0.05, 0.1) is 19.1 Å².